The summed E-state index contributed by atoms with van der Waals surface area (Å²) in [6.45, 7) is 3.51. The molecule has 4 heteroatoms. The molecule has 1 saturated heterocycles. The number of nitrogens with zero attached hydrogens (tertiary/aromatic N) is 1. The first-order chi connectivity index (χ1) is 8.11. The van der Waals surface area contributed by atoms with E-state index in [0.717, 1.165) is 12.8 Å². The van der Waals surface area contributed by atoms with Crippen molar-refractivity contribution in [1.29, 1.82) is 5.26 Å². The summed E-state index contributed by atoms with van der Waals surface area (Å²) in [5.74, 6) is -0.387. The summed E-state index contributed by atoms with van der Waals surface area (Å²) in [7, 11) is 0. The van der Waals surface area contributed by atoms with Crippen LogP contribution in [-0.2, 0) is 4.74 Å². The van der Waals surface area contributed by atoms with Crippen LogP contribution in [0.25, 0.3) is 0 Å². The molecule has 0 unspecified atom stereocenters. The van der Waals surface area contributed by atoms with Gasteiger partial charge in [0.15, 0.2) is 0 Å². The first-order valence-electron chi connectivity index (χ1n) is 5.68. The number of rotatable bonds is 2. The van der Waals surface area contributed by atoms with E-state index in [1.807, 2.05) is 6.07 Å². The van der Waals surface area contributed by atoms with E-state index >= 15 is 0 Å². The van der Waals surface area contributed by atoms with E-state index in [-0.39, 0.29) is 11.4 Å². The molecule has 0 amide bonds. The quantitative estimate of drug-likeness (QED) is 0.855. The molecule has 2 rings (SSSR count). The number of hydrogen-bond acceptors (Lipinski definition) is 3. The molecule has 1 aliphatic heterocycles. The normalized spacial score (nSPS) is 18.4. The van der Waals surface area contributed by atoms with Gasteiger partial charge in [0.1, 0.15) is 5.82 Å². The lowest BCUT2D eigenvalue weighted by Gasteiger charge is -2.35. The summed E-state index contributed by atoms with van der Waals surface area (Å²) < 4.78 is 18.6. The minimum Gasteiger partial charge on any atom is -0.381 e. The second-order valence-corrected chi connectivity index (χ2v) is 4.64. The maximum atomic E-state index is 13.3. The Kier molecular flexibility index (Phi) is 3.30. The average Bonchev–Trinajstić information content (AvgIpc) is 2.28. The van der Waals surface area contributed by atoms with E-state index in [4.69, 9.17) is 10.00 Å². The molecule has 90 valence electrons. The van der Waals surface area contributed by atoms with Crippen molar-refractivity contribution in [2.45, 2.75) is 25.3 Å². The van der Waals surface area contributed by atoms with Crippen molar-refractivity contribution in [2.75, 3.05) is 18.5 Å². The van der Waals surface area contributed by atoms with Crippen LogP contribution in [0.3, 0.4) is 0 Å². The van der Waals surface area contributed by atoms with Crippen molar-refractivity contribution in [2.24, 2.45) is 0 Å². The molecule has 1 aromatic carbocycles. The maximum Gasteiger partial charge on any atom is 0.126 e. The first kappa shape index (κ1) is 11.9. The van der Waals surface area contributed by atoms with E-state index < -0.39 is 0 Å². The highest BCUT2D eigenvalue weighted by atomic mass is 19.1. The fraction of sp³-hybridized carbons (Fsp3) is 0.462. The summed E-state index contributed by atoms with van der Waals surface area (Å²) >= 11 is 0. The molecular weight excluding hydrogens is 219 g/mol. The summed E-state index contributed by atoms with van der Waals surface area (Å²) in [5.41, 5.74) is 0.910. The molecule has 1 fully saturated rings. The zero-order chi connectivity index (χ0) is 12.3. The van der Waals surface area contributed by atoms with Gasteiger partial charge in [0.2, 0.25) is 0 Å². The van der Waals surface area contributed by atoms with Crippen molar-refractivity contribution >= 4 is 5.69 Å². The fourth-order valence-corrected chi connectivity index (χ4v) is 2.02. The third-order valence-corrected chi connectivity index (χ3v) is 3.07. The van der Waals surface area contributed by atoms with Gasteiger partial charge < -0.3 is 10.1 Å². The Hall–Kier alpha value is -1.60. The van der Waals surface area contributed by atoms with Gasteiger partial charge in [0.05, 0.1) is 11.6 Å². The van der Waals surface area contributed by atoms with E-state index in [1.54, 1.807) is 6.07 Å². The van der Waals surface area contributed by atoms with Crippen LogP contribution in [0.1, 0.15) is 25.3 Å². The molecule has 1 aliphatic rings. The van der Waals surface area contributed by atoms with Crippen molar-refractivity contribution in [3.63, 3.8) is 0 Å². The lowest BCUT2D eigenvalue weighted by Crippen LogP contribution is -2.40. The fourth-order valence-electron chi connectivity index (χ4n) is 2.02. The SMILES string of the molecule is CC1(Nc2cc(F)cc(C#N)c2)CCOCC1. The van der Waals surface area contributed by atoms with Crippen molar-refractivity contribution in [1.82, 2.24) is 0 Å². The summed E-state index contributed by atoms with van der Waals surface area (Å²) in [5, 5.41) is 12.1. The number of anilines is 1. The van der Waals surface area contributed by atoms with Crippen molar-refractivity contribution < 1.29 is 9.13 Å². The maximum absolute atomic E-state index is 13.3. The number of benzene rings is 1. The van der Waals surface area contributed by atoms with Crippen molar-refractivity contribution in [3.05, 3.63) is 29.6 Å². The Morgan fingerprint density at radius 3 is 2.71 bits per heavy atom. The number of nitrogens with one attached hydrogen (secondary N) is 1. The highest BCUT2D eigenvalue weighted by molar-refractivity contribution is 5.51. The molecule has 1 heterocycles. The molecule has 0 bridgehead atoms. The molecular formula is C13H15FN2O. The molecule has 3 nitrogen and oxygen atoms in total. The van der Waals surface area contributed by atoms with Crippen LogP contribution in [0, 0.1) is 17.1 Å². The molecule has 0 spiro atoms. The van der Waals surface area contributed by atoms with Crippen LogP contribution in [0.4, 0.5) is 10.1 Å². The average molecular weight is 234 g/mol. The summed E-state index contributed by atoms with van der Waals surface area (Å²) in [6.07, 6.45) is 1.76. The summed E-state index contributed by atoms with van der Waals surface area (Å²) in [6, 6.07) is 6.28. The third-order valence-electron chi connectivity index (χ3n) is 3.07. The Morgan fingerprint density at radius 1 is 1.35 bits per heavy atom. The molecule has 0 aliphatic carbocycles. The zero-order valence-corrected chi connectivity index (χ0v) is 9.79. The highest BCUT2D eigenvalue weighted by Gasteiger charge is 2.27. The van der Waals surface area contributed by atoms with Crippen LogP contribution in [0.5, 0.6) is 0 Å². The summed E-state index contributed by atoms with van der Waals surface area (Å²) in [4.78, 5) is 0. The van der Waals surface area contributed by atoms with Gasteiger partial charge in [-0.05, 0) is 38.0 Å². The predicted molar refractivity (Wildman–Crippen MR) is 63.2 cm³/mol. The Morgan fingerprint density at radius 2 is 2.06 bits per heavy atom. The van der Waals surface area contributed by atoms with Gasteiger partial charge in [0, 0.05) is 24.4 Å². The molecule has 0 radical (unpaired) electrons. The van der Waals surface area contributed by atoms with E-state index in [9.17, 15) is 4.39 Å². The molecule has 1 N–H and O–H groups in total. The molecule has 0 aromatic heterocycles. The number of hydrogen-bond donors (Lipinski definition) is 1. The number of halogens is 1. The van der Waals surface area contributed by atoms with Gasteiger partial charge in [-0.3, -0.25) is 0 Å². The minimum absolute atomic E-state index is 0.0846. The first-order valence-corrected chi connectivity index (χ1v) is 5.68. The second-order valence-electron chi connectivity index (χ2n) is 4.64. The zero-order valence-electron chi connectivity index (χ0n) is 9.79. The van der Waals surface area contributed by atoms with E-state index in [1.165, 1.54) is 12.1 Å². The van der Waals surface area contributed by atoms with Crippen LogP contribution >= 0.6 is 0 Å². The lowest BCUT2D eigenvalue weighted by atomic mass is 9.92. The van der Waals surface area contributed by atoms with Crippen LogP contribution in [0.2, 0.25) is 0 Å². The largest absolute Gasteiger partial charge is 0.381 e. The third kappa shape index (κ3) is 2.95. The molecule has 1 aromatic rings. The monoisotopic (exact) mass is 234 g/mol. The molecule has 0 saturated carbocycles. The van der Waals surface area contributed by atoms with Crippen LogP contribution < -0.4 is 5.32 Å². The van der Waals surface area contributed by atoms with Gasteiger partial charge in [0.25, 0.3) is 0 Å². The van der Waals surface area contributed by atoms with Gasteiger partial charge in [-0.2, -0.15) is 5.26 Å². The Balaban J connectivity index is 2.17. The molecule has 17 heavy (non-hydrogen) atoms. The number of ether oxygens (including phenoxy) is 1. The van der Waals surface area contributed by atoms with Crippen LogP contribution in [-0.4, -0.2) is 18.8 Å². The van der Waals surface area contributed by atoms with Gasteiger partial charge >= 0.3 is 0 Å². The minimum atomic E-state index is -0.387. The second kappa shape index (κ2) is 4.72. The predicted octanol–water partition coefficient (Wildman–Crippen LogP) is 2.68. The van der Waals surface area contributed by atoms with E-state index in [0.29, 0.717) is 24.5 Å². The number of nitriles is 1. The van der Waals surface area contributed by atoms with Gasteiger partial charge in [-0.25, -0.2) is 4.39 Å². The van der Waals surface area contributed by atoms with E-state index in [2.05, 4.69) is 12.2 Å². The topological polar surface area (TPSA) is 45.0 Å². The highest BCUT2D eigenvalue weighted by Crippen LogP contribution is 2.26. The Labute approximate surface area is 100 Å². The van der Waals surface area contributed by atoms with Crippen LogP contribution in [0.15, 0.2) is 18.2 Å². The molecule has 0 atom stereocenters. The Bertz CT molecular complexity index is 447. The van der Waals surface area contributed by atoms with Gasteiger partial charge in [-0.15, -0.1) is 0 Å². The standard InChI is InChI=1S/C13H15FN2O/c1-13(2-4-17-5-3-13)16-12-7-10(9-15)6-11(14)8-12/h6-8,16H,2-5H2,1H3. The van der Waals surface area contributed by atoms with Gasteiger partial charge in [-0.1, -0.05) is 0 Å². The lowest BCUT2D eigenvalue weighted by molar-refractivity contribution is 0.0658. The van der Waals surface area contributed by atoms with Crippen molar-refractivity contribution in [3.8, 4) is 6.07 Å². The smallest absolute Gasteiger partial charge is 0.126 e.